The summed E-state index contributed by atoms with van der Waals surface area (Å²) in [6, 6.07) is 3.26. The highest BCUT2D eigenvalue weighted by molar-refractivity contribution is 5.87. The average Bonchev–Trinajstić information content (AvgIpc) is 2.35. The van der Waals surface area contributed by atoms with Gasteiger partial charge in [-0.05, 0) is 18.6 Å². The van der Waals surface area contributed by atoms with Crippen molar-refractivity contribution in [3.8, 4) is 0 Å². The number of hydrogen-bond acceptors (Lipinski definition) is 3. The molecule has 0 bridgehead atoms. The number of aryl methyl sites for hydroxylation is 1. The number of aromatic nitrogens is 1. The summed E-state index contributed by atoms with van der Waals surface area (Å²) in [4.78, 5) is 11.0. The van der Waals surface area contributed by atoms with Gasteiger partial charge in [0.05, 0.1) is 12.7 Å². The van der Waals surface area contributed by atoms with Crippen LogP contribution in [0.15, 0.2) is 30.5 Å². The lowest BCUT2D eigenvalue weighted by Gasteiger charge is -2.09. The first-order valence-corrected chi connectivity index (χ1v) is 5.75. The van der Waals surface area contributed by atoms with Gasteiger partial charge in [-0.15, -0.1) is 0 Å². The van der Waals surface area contributed by atoms with E-state index in [0.717, 1.165) is 5.56 Å². The molecule has 0 aromatic carbocycles. The summed E-state index contributed by atoms with van der Waals surface area (Å²) in [5, 5.41) is 16.4. The second-order valence-electron chi connectivity index (χ2n) is 4.01. The first kappa shape index (κ1) is 15.8. The number of pyridine rings is 1. The van der Waals surface area contributed by atoms with Crippen molar-refractivity contribution in [1.82, 2.24) is 5.32 Å². The molecular weight excluding hydrogens is 275 g/mol. The third-order valence-corrected chi connectivity index (χ3v) is 2.23. The van der Waals surface area contributed by atoms with Crippen molar-refractivity contribution in [2.24, 2.45) is 0 Å². The average molecular weight is 289 g/mol. The molecule has 1 amide bonds. The molecule has 0 aliphatic rings. The Kier molecular flexibility index (Phi) is 5.36. The fourth-order valence-corrected chi connectivity index (χ4v) is 1.33. The summed E-state index contributed by atoms with van der Waals surface area (Å²) < 4.78 is 36.0. The van der Waals surface area contributed by atoms with Crippen LogP contribution < -0.4 is 15.4 Å². The van der Waals surface area contributed by atoms with Crippen LogP contribution in [0.5, 0.6) is 0 Å². The Morgan fingerprint density at radius 1 is 1.45 bits per heavy atom. The number of amides is 1. The van der Waals surface area contributed by atoms with Crippen molar-refractivity contribution in [2.75, 3.05) is 18.4 Å². The van der Waals surface area contributed by atoms with E-state index in [9.17, 15) is 23.2 Å². The lowest BCUT2D eigenvalue weighted by molar-refractivity contribution is -0.590. The number of nitrogens with zero attached hydrogens (tertiary/aromatic N) is 1. The van der Waals surface area contributed by atoms with Crippen molar-refractivity contribution in [3.63, 3.8) is 0 Å². The van der Waals surface area contributed by atoms with Gasteiger partial charge in [0.15, 0.2) is 0 Å². The topological polar surface area (TPSA) is 68.1 Å². The van der Waals surface area contributed by atoms with Gasteiger partial charge >= 0.3 is 6.18 Å². The maximum atomic E-state index is 11.8. The number of halogens is 3. The second-order valence-corrected chi connectivity index (χ2v) is 4.01. The number of allylic oxidation sites excluding steroid dienone is 1. The van der Waals surface area contributed by atoms with E-state index >= 15 is 0 Å². The molecule has 1 aromatic heterocycles. The van der Waals surface area contributed by atoms with Crippen molar-refractivity contribution in [2.45, 2.75) is 13.1 Å². The number of carbonyl (C=O) groups is 1. The Bertz CT molecular complexity index is 501. The number of hydrogen-bond donors (Lipinski definition) is 2. The molecule has 0 saturated heterocycles. The van der Waals surface area contributed by atoms with Crippen molar-refractivity contribution in [3.05, 3.63) is 41.3 Å². The number of carbonyl (C=O) groups excluding carboxylic acids is 1. The summed E-state index contributed by atoms with van der Waals surface area (Å²) >= 11 is 0. The number of alkyl halides is 3. The molecule has 1 rings (SSSR count). The molecular formula is C12H14F3N3O2. The third-order valence-electron chi connectivity index (χ3n) is 2.23. The lowest BCUT2D eigenvalue weighted by atomic mass is 10.3. The highest BCUT2D eigenvalue weighted by Crippen LogP contribution is 2.15. The van der Waals surface area contributed by atoms with E-state index in [0.29, 0.717) is 16.6 Å². The quantitative estimate of drug-likeness (QED) is 0.371. The molecule has 0 unspecified atom stereocenters. The summed E-state index contributed by atoms with van der Waals surface area (Å²) in [5.41, 5.74) is 0.886. The van der Waals surface area contributed by atoms with E-state index in [1.165, 1.54) is 6.20 Å². The standard InChI is InChI=1S/C12H14F3N3O2/c1-9-3-7-18(20)10(8-9)16-5-6-17-11(19)2-4-12(13,14)15/h2-4,7-8,16H,5-6H2,1H3,(H,17,19). The van der Waals surface area contributed by atoms with E-state index in [1.807, 2.05) is 6.92 Å². The van der Waals surface area contributed by atoms with E-state index < -0.39 is 12.1 Å². The Balaban J connectivity index is 2.33. The van der Waals surface area contributed by atoms with E-state index in [2.05, 4.69) is 10.6 Å². The van der Waals surface area contributed by atoms with Gasteiger partial charge in [-0.1, -0.05) is 0 Å². The maximum Gasteiger partial charge on any atom is 0.409 e. The van der Waals surface area contributed by atoms with Crippen LogP contribution in [-0.2, 0) is 4.79 Å². The zero-order valence-electron chi connectivity index (χ0n) is 10.7. The smallest absolute Gasteiger partial charge is 0.409 e. The number of rotatable bonds is 5. The van der Waals surface area contributed by atoms with Crippen LogP contribution in [0.2, 0.25) is 0 Å². The monoisotopic (exact) mass is 289 g/mol. The van der Waals surface area contributed by atoms with Crippen LogP contribution in [0.3, 0.4) is 0 Å². The first-order chi connectivity index (χ1) is 9.28. The Morgan fingerprint density at radius 2 is 2.15 bits per heavy atom. The van der Waals surface area contributed by atoms with Crippen LogP contribution in [0.25, 0.3) is 0 Å². The van der Waals surface area contributed by atoms with Crippen LogP contribution in [0.1, 0.15) is 5.56 Å². The SMILES string of the molecule is Cc1cc[n+]([O-])c(NCCNC(=O)C=CC(F)(F)F)c1. The molecule has 0 atom stereocenters. The van der Waals surface area contributed by atoms with Crippen molar-refractivity contribution in [1.29, 1.82) is 0 Å². The highest BCUT2D eigenvalue weighted by atomic mass is 19.4. The van der Waals surface area contributed by atoms with Crippen molar-refractivity contribution < 1.29 is 22.7 Å². The Labute approximate surface area is 113 Å². The van der Waals surface area contributed by atoms with Gasteiger partial charge in [-0.25, -0.2) is 4.73 Å². The van der Waals surface area contributed by atoms with Gasteiger partial charge in [-0.2, -0.15) is 13.2 Å². The van der Waals surface area contributed by atoms with Crippen LogP contribution in [0.4, 0.5) is 19.0 Å². The molecule has 5 nitrogen and oxygen atoms in total. The van der Waals surface area contributed by atoms with E-state index in [1.54, 1.807) is 12.1 Å². The molecule has 0 aliphatic heterocycles. The third kappa shape index (κ3) is 6.07. The highest BCUT2D eigenvalue weighted by Gasteiger charge is 2.22. The van der Waals surface area contributed by atoms with Gasteiger partial charge < -0.3 is 10.5 Å². The first-order valence-electron chi connectivity index (χ1n) is 5.75. The molecule has 1 aromatic rings. The van der Waals surface area contributed by atoms with Gasteiger partial charge in [0, 0.05) is 18.2 Å². The normalized spacial score (nSPS) is 11.6. The second kappa shape index (κ2) is 6.78. The van der Waals surface area contributed by atoms with Crippen LogP contribution in [-0.4, -0.2) is 25.2 Å². The molecule has 0 spiro atoms. The summed E-state index contributed by atoms with van der Waals surface area (Å²) in [7, 11) is 0. The van der Waals surface area contributed by atoms with Crippen LogP contribution >= 0.6 is 0 Å². The predicted molar refractivity (Wildman–Crippen MR) is 66.8 cm³/mol. The molecule has 0 saturated carbocycles. The molecule has 0 radical (unpaired) electrons. The van der Waals surface area contributed by atoms with Gasteiger partial charge in [0.25, 0.3) is 5.82 Å². The Morgan fingerprint density at radius 3 is 2.80 bits per heavy atom. The number of nitrogens with one attached hydrogen (secondary N) is 2. The van der Waals surface area contributed by atoms with E-state index in [-0.39, 0.29) is 19.2 Å². The molecule has 8 heteroatoms. The van der Waals surface area contributed by atoms with Crippen LogP contribution in [0, 0.1) is 12.1 Å². The lowest BCUT2D eigenvalue weighted by Crippen LogP contribution is -2.33. The molecule has 1 heterocycles. The van der Waals surface area contributed by atoms with Gasteiger partial charge in [0.1, 0.15) is 6.54 Å². The van der Waals surface area contributed by atoms with Crippen molar-refractivity contribution >= 4 is 11.7 Å². The largest absolute Gasteiger partial charge is 0.711 e. The molecule has 110 valence electrons. The van der Waals surface area contributed by atoms with E-state index in [4.69, 9.17) is 0 Å². The fourth-order valence-electron chi connectivity index (χ4n) is 1.33. The summed E-state index contributed by atoms with van der Waals surface area (Å²) in [6.07, 6.45) is -2.89. The molecule has 2 N–H and O–H groups in total. The zero-order chi connectivity index (χ0) is 15.2. The number of anilines is 1. The molecule has 0 fully saturated rings. The summed E-state index contributed by atoms with van der Waals surface area (Å²) in [5.74, 6) is -0.534. The summed E-state index contributed by atoms with van der Waals surface area (Å²) in [6.45, 7) is 2.13. The Hall–Kier alpha value is -2.25. The minimum Gasteiger partial charge on any atom is -0.711 e. The molecule has 0 aliphatic carbocycles. The maximum absolute atomic E-state index is 11.8. The van der Waals surface area contributed by atoms with Gasteiger partial charge in [-0.3, -0.25) is 10.1 Å². The zero-order valence-corrected chi connectivity index (χ0v) is 10.7. The minimum atomic E-state index is -4.51. The van der Waals surface area contributed by atoms with Gasteiger partial charge in [0.2, 0.25) is 5.91 Å². The predicted octanol–water partition coefficient (Wildman–Crippen LogP) is 1.28. The fraction of sp³-hybridized carbons (Fsp3) is 0.333. The molecule has 20 heavy (non-hydrogen) atoms. The minimum absolute atomic E-state index is 0.0922.